The molecule has 2 aromatic carbocycles. The first-order chi connectivity index (χ1) is 17.5. The molecule has 0 radical (unpaired) electrons. The number of sulfonamides is 1. The molecule has 0 saturated carbocycles. The molecule has 0 saturated heterocycles. The third kappa shape index (κ3) is 5.73. The Morgan fingerprint density at radius 1 is 0.973 bits per heavy atom. The highest BCUT2D eigenvalue weighted by Crippen LogP contribution is 2.36. The first kappa shape index (κ1) is 26.1. The van der Waals surface area contributed by atoms with Crippen molar-refractivity contribution < 1.29 is 31.5 Å². The number of benzene rings is 2. The highest BCUT2D eigenvalue weighted by molar-refractivity contribution is 7.92. The Kier molecular flexibility index (Phi) is 7.19. The van der Waals surface area contributed by atoms with Gasteiger partial charge in [-0.2, -0.15) is 13.2 Å². The van der Waals surface area contributed by atoms with E-state index in [0.717, 1.165) is 39.7 Å². The Morgan fingerprint density at radius 2 is 1.65 bits per heavy atom. The van der Waals surface area contributed by atoms with Gasteiger partial charge in [0.05, 0.1) is 27.6 Å². The van der Waals surface area contributed by atoms with Crippen LogP contribution < -0.4 is 4.31 Å². The molecule has 4 rings (SSSR count). The van der Waals surface area contributed by atoms with E-state index in [-0.39, 0.29) is 17.0 Å². The molecular formula is C25H17ClF3N3O4S. The van der Waals surface area contributed by atoms with Gasteiger partial charge in [0.2, 0.25) is 0 Å². The van der Waals surface area contributed by atoms with Gasteiger partial charge < -0.3 is 5.11 Å². The van der Waals surface area contributed by atoms with Gasteiger partial charge in [0.1, 0.15) is 0 Å². The maximum atomic E-state index is 13.6. The summed E-state index contributed by atoms with van der Waals surface area (Å²) in [7, 11) is -4.43. The zero-order valence-electron chi connectivity index (χ0n) is 18.7. The van der Waals surface area contributed by atoms with Crippen LogP contribution in [0.25, 0.3) is 11.1 Å². The molecule has 2 aromatic heterocycles. The minimum atomic E-state index is -4.73. The number of hydrogen-bond acceptors (Lipinski definition) is 5. The lowest BCUT2D eigenvalue weighted by molar-refractivity contribution is -0.137. The number of anilines is 1. The zero-order chi connectivity index (χ0) is 26.8. The van der Waals surface area contributed by atoms with Gasteiger partial charge in [-0.25, -0.2) is 22.5 Å². The number of halogens is 4. The Hall–Kier alpha value is -3.96. The number of aromatic nitrogens is 2. The van der Waals surface area contributed by atoms with E-state index in [0.29, 0.717) is 17.8 Å². The third-order valence-corrected chi connectivity index (χ3v) is 7.38. The van der Waals surface area contributed by atoms with Crippen LogP contribution in [0.3, 0.4) is 0 Å². The quantitative estimate of drug-likeness (QED) is 0.309. The van der Waals surface area contributed by atoms with Crippen LogP contribution in [0, 0.1) is 0 Å². The average molecular weight is 548 g/mol. The van der Waals surface area contributed by atoms with E-state index >= 15 is 0 Å². The van der Waals surface area contributed by atoms with Gasteiger partial charge in [-0.05, 0) is 53.1 Å². The normalized spacial score (nSPS) is 11.8. The smallest absolute Gasteiger partial charge is 0.417 e. The molecule has 0 aliphatic heterocycles. The van der Waals surface area contributed by atoms with Crippen LogP contribution in [0.5, 0.6) is 0 Å². The van der Waals surface area contributed by atoms with E-state index in [4.69, 9.17) is 16.7 Å². The molecule has 0 spiro atoms. The number of carboxylic acid groups (broad SMARTS) is 1. The average Bonchev–Trinajstić information content (AvgIpc) is 2.88. The molecule has 0 unspecified atom stereocenters. The molecule has 0 amide bonds. The van der Waals surface area contributed by atoms with E-state index < -0.39 is 38.6 Å². The number of rotatable bonds is 7. The van der Waals surface area contributed by atoms with Crippen LogP contribution >= 0.6 is 11.6 Å². The molecule has 7 nitrogen and oxygen atoms in total. The fourth-order valence-electron chi connectivity index (χ4n) is 3.44. The summed E-state index contributed by atoms with van der Waals surface area (Å²) >= 11 is 6.11. The molecule has 12 heteroatoms. The largest absolute Gasteiger partial charge is 0.478 e. The van der Waals surface area contributed by atoms with Crippen molar-refractivity contribution in [1.82, 2.24) is 9.97 Å². The predicted molar refractivity (Wildman–Crippen MR) is 131 cm³/mol. The van der Waals surface area contributed by atoms with Gasteiger partial charge in [0, 0.05) is 18.6 Å². The second-order valence-electron chi connectivity index (χ2n) is 7.81. The number of carboxylic acids is 1. The van der Waals surface area contributed by atoms with E-state index in [2.05, 4.69) is 9.97 Å². The summed E-state index contributed by atoms with van der Waals surface area (Å²) in [4.78, 5) is 18.7. The van der Waals surface area contributed by atoms with Crippen molar-refractivity contribution >= 4 is 33.4 Å². The summed E-state index contributed by atoms with van der Waals surface area (Å²) in [5.74, 6) is -1.66. The summed E-state index contributed by atoms with van der Waals surface area (Å²) < 4.78 is 67.4. The highest BCUT2D eigenvalue weighted by atomic mass is 35.5. The van der Waals surface area contributed by atoms with Crippen LogP contribution in [0.2, 0.25) is 5.02 Å². The van der Waals surface area contributed by atoms with E-state index in [1.165, 1.54) is 0 Å². The molecule has 1 N–H and O–H groups in total. The van der Waals surface area contributed by atoms with Crippen molar-refractivity contribution in [2.75, 3.05) is 4.31 Å². The topological polar surface area (TPSA) is 100 Å². The summed E-state index contributed by atoms with van der Waals surface area (Å²) in [5.41, 5.74) is 0.884. The van der Waals surface area contributed by atoms with Crippen molar-refractivity contribution in [2.45, 2.75) is 17.6 Å². The maximum absolute atomic E-state index is 13.6. The molecule has 0 fully saturated rings. The molecule has 190 valence electrons. The maximum Gasteiger partial charge on any atom is 0.417 e. The fourth-order valence-corrected chi connectivity index (χ4v) is 5.19. The Morgan fingerprint density at radius 3 is 2.19 bits per heavy atom. The van der Waals surface area contributed by atoms with Gasteiger partial charge in [-0.1, -0.05) is 41.9 Å². The van der Waals surface area contributed by atoms with Gasteiger partial charge in [-0.15, -0.1) is 0 Å². The summed E-state index contributed by atoms with van der Waals surface area (Å²) in [6.07, 6.45) is -0.931. The fraction of sp³-hybridized carbons (Fsp3) is 0.0800. The van der Waals surface area contributed by atoms with E-state index in [1.54, 1.807) is 42.7 Å². The molecule has 0 atom stereocenters. The van der Waals surface area contributed by atoms with Gasteiger partial charge in [0.15, 0.2) is 5.82 Å². The number of pyridine rings is 2. The number of nitrogens with zero attached hydrogens (tertiary/aromatic N) is 3. The second kappa shape index (κ2) is 10.2. The minimum Gasteiger partial charge on any atom is -0.478 e. The number of aromatic carboxylic acids is 1. The summed E-state index contributed by atoms with van der Waals surface area (Å²) in [6, 6.07) is 15.5. The van der Waals surface area contributed by atoms with Crippen molar-refractivity contribution in [3.63, 3.8) is 0 Å². The van der Waals surface area contributed by atoms with Gasteiger partial charge in [-0.3, -0.25) is 4.98 Å². The van der Waals surface area contributed by atoms with E-state index in [1.807, 2.05) is 6.07 Å². The first-order valence-electron chi connectivity index (χ1n) is 10.5. The van der Waals surface area contributed by atoms with Crippen LogP contribution in [0.15, 0.2) is 90.2 Å². The number of alkyl halides is 3. The summed E-state index contributed by atoms with van der Waals surface area (Å²) in [6.45, 7) is -0.311. The molecular weight excluding hydrogens is 531 g/mol. The Labute approximate surface area is 214 Å². The third-order valence-electron chi connectivity index (χ3n) is 5.35. The monoisotopic (exact) mass is 547 g/mol. The van der Waals surface area contributed by atoms with Crippen molar-refractivity contribution in [1.29, 1.82) is 0 Å². The zero-order valence-corrected chi connectivity index (χ0v) is 20.3. The number of carbonyl (C=O) groups is 1. The molecule has 0 bridgehead atoms. The lowest BCUT2D eigenvalue weighted by atomic mass is 10.1. The first-order valence-corrected chi connectivity index (χ1v) is 12.4. The number of hydrogen-bond donors (Lipinski definition) is 1. The molecule has 2 heterocycles. The SMILES string of the molecule is O=C(O)c1ccc(S(=O)(=O)N(Cc2ccc(-c3cccnc3)cc2)c2ncc(C(F)(F)F)cc2Cl)cc1. The summed E-state index contributed by atoms with van der Waals surface area (Å²) in [5, 5.41) is 8.59. The molecule has 0 aliphatic carbocycles. The van der Waals surface area contributed by atoms with Crippen LogP contribution in [0.4, 0.5) is 19.0 Å². The van der Waals surface area contributed by atoms with Gasteiger partial charge >= 0.3 is 12.1 Å². The van der Waals surface area contributed by atoms with E-state index in [9.17, 15) is 26.4 Å². The van der Waals surface area contributed by atoms with Crippen LogP contribution in [0.1, 0.15) is 21.5 Å². The lowest BCUT2D eigenvalue weighted by Gasteiger charge is -2.25. The van der Waals surface area contributed by atoms with Crippen LogP contribution in [-0.2, 0) is 22.7 Å². The van der Waals surface area contributed by atoms with Crippen molar-refractivity contribution in [3.8, 4) is 11.1 Å². The van der Waals surface area contributed by atoms with Crippen molar-refractivity contribution in [3.05, 3.63) is 107 Å². The Bertz CT molecular complexity index is 1530. The highest BCUT2D eigenvalue weighted by Gasteiger charge is 2.34. The second-order valence-corrected chi connectivity index (χ2v) is 10.1. The lowest BCUT2D eigenvalue weighted by Crippen LogP contribution is -2.32. The predicted octanol–water partition coefficient (Wildman–Crippen LogP) is 5.91. The standard InChI is InChI=1S/C25H17ClF3N3O4S/c26-22-12-20(25(27,28)29)14-31-23(22)32(37(35,36)21-9-7-18(8-10-21)24(33)34)15-16-3-5-17(6-4-16)19-2-1-11-30-13-19/h1-14H,15H2,(H,33,34). The minimum absolute atomic E-state index is 0.137. The Balaban J connectivity index is 1.76. The molecule has 0 aliphatic rings. The van der Waals surface area contributed by atoms with Gasteiger partial charge in [0.25, 0.3) is 10.0 Å². The van der Waals surface area contributed by atoms with Crippen LogP contribution in [-0.4, -0.2) is 29.5 Å². The van der Waals surface area contributed by atoms with Crippen molar-refractivity contribution in [2.24, 2.45) is 0 Å². The molecule has 4 aromatic rings. The molecule has 37 heavy (non-hydrogen) atoms.